The molecule has 2 N–H and O–H groups in total. The first-order chi connectivity index (χ1) is 9.81. The van der Waals surface area contributed by atoms with Crippen LogP contribution >= 0.6 is 0 Å². The molecule has 1 heterocycles. The van der Waals surface area contributed by atoms with Crippen LogP contribution in [0, 0.1) is 5.92 Å². The lowest BCUT2D eigenvalue weighted by atomic mass is 9.93. The summed E-state index contributed by atoms with van der Waals surface area (Å²) in [6.45, 7) is 0.801. The first-order valence-electron chi connectivity index (χ1n) is 7.20. The van der Waals surface area contributed by atoms with Gasteiger partial charge in [0.15, 0.2) is 0 Å². The molecule has 0 aromatic carbocycles. The average molecular weight is 311 g/mol. The Morgan fingerprint density at radius 2 is 2.00 bits per heavy atom. The van der Waals surface area contributed by atoms with Crippen LogP contribution in [0.25, 0.3) is 0 Å². The molecule has 8 heteroatoms. The highest BCUT2D eigenvalue weighted by Gasteiger charge is 2.32. The molecule has 1 aliphatic heterocycles. The topological polar surface area (TPSA) is 55.8 Å². The van der Waals surface area contributed by atoms with E-state index >= 15 is 0 Å². The number of nitrogens with zero attached hydrogens (tertiary/aromatic N) is 2. The molecule has 0 bridgehead atoms. The van der Waals surface area contributed by atoms with Gasteiger partial charge in [-0.3, -0.25) is 4.90 Å². The normalized spacial score (nSPS) is 17.8. The van der Waals surface area contributed by atoms with E-state index in [0.717, 1.165) is 19.3 Å². The number of halogens is 3. The molecule has 1 aliphatic rings. The van der Waals surface area contributed by atoms with Crippen molar-refractivity contribution in [3.8, 4) is 0 Å². The van der Waals surface area contributed by atoms with E-state index in [-0.39, 0.29) is 19.2 Å². The molecule has 5 nitrogen and oxygen atoms in total. The highest BCUT2D eigenvalue weighted by molar-refractivity contribution is 5.73. The van der Waals surface area contributed by atoms with Crippen molar-refractivity contribution in [2.75, 3.05) is 46.4 Å². The fourth-order valence-electron chi connectivity index (χ4n) is 2.46. The maximum Gasteiger partial charge on any atom is 0.401 e. The van der Waals surface area contributed by atoms with Crippen molar-refractivity contribution in [1.82, 2.24) is 15.1 Å². The van der Waals surface area contributed by atoms with Gasteiger partial charge >= 0.3 is 12.2 Å². The Labute approximate surface area is 123 Å². The van der Waals surface area contributed by atoms with Crippen molar-refractivity contribution in [1.29, 1.82) is 0 Å². The Bertz CT molecular complexity index is 318. The summed E-state index contributed by atoms with van der Waals surface area (Å²) in [7, 11) is 1.60. The van der Waals surface area contributed by atoms with Gasteiger partial charge in [-0.05, 0) is 38.3 Å². The average Bonchev–Trinajstić information content (AvgIpc) is 2.39. The molecule has 0 aliphatic carbocycles. The van der Waals surface area contributed by atoms with Crippen molar-refractivity contribution >= 4 is 6.03 Å². The number of hydrogen-bond donors (Lipinski definition) is 2. The monoisotopic (exact) mass is 311 g/mol. The van der Waals surface area contributed by atoms with Gasteiger partial charge in [0.25, 0.3) is 0 Å². The summed E-state index contributed by atoms with van der Waals surface area (Å²) in [4.78, 5) is 14.4. The number of carbonyl (C=O) groups excluding carboxylic acids is 1. The van der Waals surface area contributed by atoms with Gasteiger partial charge in [0, 0.05) is 20.1 Å². The van der Waals surface area contributed by atoms with Crippen molar-refractivity contribution < 1.29 is 23.1 Å². The van der Waals surface area contributed by atoms with Crippen LogP contribution in [0.4, 0.5) is 18.0 Å². The molecule has 0 atom stereocenters. The fraction of sp³-hybridized carbons (Fsp3) is 0.923. The van der Waals surface area contributed by atoms with Crippen LogP contribution < -0.4 is 5.32 Å². The van der Waals surface area contributed by atoms with Gasteiger partial charge in [0.1, 0.15) is 0 Å². The molecule has 1 rings (SSSR count). The van der Waals surface area contributed by atoms with E-state index in [2.05, 4.69) is 5.32 Å². The zero-order valence-electron chi connectivity index (χ0n) is 12.3. The van der Waals surface area contributed by atoms with E-state index in [0.29, 0.717) is 25.6 Å². The molecular weight excluding hydrogens is 287 g/mol. The third kappa shape index (κ3) is 7.52. The number of nitrogens with one attached hydrogen (secondary N) is 1. The number of rotatable bonds is 6. The molecule has 1 saturated heterocycles. The van der Waals surface area contributed by atoms with Crippen LogP contribution in [0.3, 0.4) is 0 Å². The summed E-state index contributed by atoms with van der Waals surface area (Å²) in [6.07, 6.45) is -1.88. The quantitative estimate of drug-likeness (QED) is 0.777. The lowest BCUT2D eigenvalue weighted by Crippen LogP contribution is -2.42. The summed E-state index contributed by atoms with van der Waals surface area (Å²) >= 11 is 0. The summed E-state index contributed by atoms with van der Waals surface area (Å²) in [6, 6.07) is -0.237. The van der Waals surface area contributed by atoms with Crippen LogP contribution in [-0.4, -0.2) is 73.5 Å². The van der Waals surface area contributed by atoms with Gasteiger partial charge in [-0.15, -0.1) is 0 Å². The second-order valence-electron chi connectivity index (χ2n) is 5.50. The summed E-state index contributed by atoms with van der Waals surface area (Å²) in [5.41, 5.74) is 0. The predicted molar refractivity (Wildman–Crippen MR) is 73.0 cm³/mol. The van der Waals surface area contributed by atoms with Gasteiger partial charge in [-0.25, -0.2) is 4.79 Å². The summed E-state index contributed by atoms with van der Waals surface area (Å²) in [5.74, 6) is 0.359. The van der Waals surface area contributed by atoms with Crippen LogP contribution in [-0.2, 0) is 0 Å². The highest BCUT2D eigenvalue weighted by Crippen LogP contribution is 2.23. The van der Waals surface area contributed by atoms with E-state index in [1.54, 1.807) is 7.05 Å². The Balaban J connectivity index is 2.15. The Morgan fingerprint density at radius 3 is 2.52 bits per heavy atom. The molecule has 0 saturated carbocycles. The lowest BCUT2D eigenvalue weighted by Gasteiger charge is -2.32. The number of aliphatic hydroxyl groups is 1. The fourth-order valence-corrected chi connectivity index (χ4v) is 2.46. The van der Waals surface area contributed by atoms with Crippen molar-refractivity contribution in [3.05, 3.63) is 0 Å². The van der Waals surface area contributed by atoms with Gasteiger partial charge < -0.3 is 15.3 Å². The number of likely N-dealkylation sites (tertiary alicyclic amines) is 1. The van der Waals surface area contributed by atoms with Crippen LogP contribution in [0.15, 0.2) is 0 Å². The number of urea groups is 1. The zero-order chi connectivity index (χ0) is 15.9. The third-order valence-corrected chi connectivity index (χ3v) is 3.72. The van der Waals surface area contributed by atoms with Gasteiger partial charge in [0.05, 0.1) is 13.2 Å². The number of alkyl halides is 3. The second kappa shape index (κ2) is 8.43. The number of piperidine rings is 1. The van der Waals surface area contributed by atoms with Crippen molar-refractivity contribution in [3.63, 3.8) is 0 Å². The molecule has 1 fully saturated rings. The van der Waals surface area contributed by atoms with E-state index < -0.39 is 12.7 Å². The number of aliphatic hydroxyl groups excluding tert-OH is 1. The van der Waals surface area contributed by atoms with E-state index in [9.17, 15) is 18.0 Å². The largest absolute Gasteiger partial charge is 0.401 e. The predicted octanol–water partition coefficient (Wildman–Crippen LogP) is 1.28. The summed E-state index contributed by atoms with van der Waals surface area (Å²) in [5, 5.41) is 11.5. The number of amides is 2. The Morgan fingerprint density at radius 1 is 1.38 bits per heavy atom. The van der Waals surface area contributed by atoms with E-state index in [1.807, 2.05) is 0 Å². The van der Waals surface area contributed by atoms with Crippen LogP contribution in [0.1, 0.15) is 19.3 Å². The van der Waals surface area contributed by atoms with Crippen molar-refractivity contribution in [2.45, 2.75) is 25.4 Å². The zero-order valence-corrected chi connectivity index (χ0v) is 12.3. The van der Waals surface area contributed by atoms with Gasteiger partial charge in [0.2, 0.25) is 0 Å². The van der Waals surface area contributed by atoms with Crippen LogP contribution in [0.5, 0.6) is 0 Å². The number of carbonyl (C=O) groups is 1. The molecule has 0 aromatic heterocycles. The highest BCUT2D eigenvalue weighted by atomic mass is 19.4. The molecular formula is C13H24F3N3O2. The van der Waals surface area contributed by atoms with E-state index in [1.165, 1.54) is 9.80 Å². The molecule has 0 aromatic rings. The SMILES string of the molecule is CN(CCO)C(=O)NCCC1CCN(CC(F)(F)F)CC1. The number of hydrogen-bond acceptors (Lipinski definition) is 3. The minimum atomic E-state index is -4.13. The maximum absolute atomic E-state index is 12.3. The summed E-state index contributed by atoms with van der Waals surface area (Å²) < 4.78 is 36.8. The lowest BCUT2D eigenvalue weighted by molar-refractivity contribution is -0.148. The standard InChI is InChI=1S/C13H24F3N3O2/c1-18(8-9-20)12(21)17-5-2-11-3-6-19(7-4-11)10-13(14,15)16/h11,20H,2-10H2,1H3,(H,17,21). The Kier molecular flexibility index (Phi) is 7.24. The van der Waals surface area contributed by atoms with Gasteiger partial charge in [-0.2, -0.15) is 13.2 Å². The molecule has 0 radical (unpaired) electrons. The minimum Gasteiger partial charge on any atom is -0.395 e. The molecule has 0 unspecified atom stereocenters. The van der Waals surface area contributed by atoms with Gasteiger partial charge in [-0.1, -0.05) is 0 Å². The first kappa shape index (κ1) is 18.0. The Hall–Kier alpha value is -1.02. The molecule has 124 valence electrons. The molecule has 2 amide bonds. The number of likely N-dealkylation sites (N-methyl/N-ethyl adjacent to an activating group) is 1. The van der Waals surface area contributed by atoms with Crippen molar-refractivity contribution in [2.24, 2.45) is 5.92 Å². The smallest absolute Gasteiger partial charge is 0.395 e. The molecule has 0 spiro atoms. The van der Waals surface area contributed by atoms with E-state index in [4.69, 9.17) is 5.11 Å². The minimum absolute atomic E-state index is 0.0818. The van der Waals surface area contributed by atoms with Crippen LogP contribution in [0.2, 0.25) is 0 Å². The third-order valence-electron chi connectivity index (χ3n) is 3.72. The molecule has 21 heavy (non-hydrogen) atoms. The second-order valence-corrected chi connectivity index (χ2v) is 5.50. The first-order valence-corrected chi connectivity index (χ1v) is 7.20. The maximum atomic E-state index is 12.3.